The molecule has 1 heterocycles. The van der Waals surface area contributed by atoms with E-state index in [0.717, 1.165) is 12.8 Å². The molecule has 2 heteroatoms. The minimum absolute atomic E-state index is 0.687. The average Bonchev–Trinajstić information content (AvgIpc) is 2.27. The van der Waals surface area contributed by atoms with Crippen LogP contribution in [0.15, 0.2) is 0 Å². The molecular formula is C10H19NO. The molecule has 1 rings (SSSR count). The predicted octanol–water partition coefficient (Wildman–Crippen LogP) is 1.84. The zero-order valence-corrected chi connectivity index (χ0v) is 7.96. The van der Waals surface area contributed by atoms with Gasteiger partial charge in [-0.2, -0.15) is 0 Å². The Labute approximate surface area is 74.9 Å². The van der Waals surface area contributed by atoms with E-state index in [0.29, 0.717) is 12.5 Å². The summed E-state index contributed by atoms with van der Waals surface area (Å²) in [6.07, 6.45) is 7.06. The molecule has 1 aliphatic rings. The maximum Gasteiger partial charge on any atom is 0.121 e. The summed E-state index contributed by atoms with van der Waals surface area (Å²) in [4.78, 5) is 12.7. The average molecular weight is 169 g/mol. The molecule has 1 aliphatic heterocycles. The van der Waals surface area contributed by atoms with Gasteiger partial charge in [0.1, 0.15) is 6.29 Å². The molecule has 0 aromatic carbocycles. The summed E-state index contributed by atoms with van der Waals surface area (Å²) in [5.41, 5.74) is 0. The Balaban J connectivity index is 2.31. The van der Waals surface area contributed by atoms with Gasteiger partial charge in [-0.1, -0.05) is 12.8 Å². The number of hydrogen-bond acceptors (Lipinski definition) is 2. The van der Waals surface area contributed by atoms with Crippen LogP contribution in [0.2, 0.25) is 0 Å². The second-order valence-electron chi connectivity index (χ2n) is 3.69. The van der Waals surface area contributed by atoms with Crippen molar-refractivity contribution in [2.75, 3.05) is 13.1 Å². The third-order valence-corrected chi connectivity index (χ3v) is 2.72. The van der Waals surface area contributed by atoms with E-state index in [4.69, 9.17) is 0 Å². The summed E-state index contributed by atoms with van der Waals surface area (Å²) in [6.45, 7) is 4.43. The topological polar surface area (TPSA) is 20.3 Å². The lowest BCUT2D eigenvalue weighted by molar-refractivity contribution is -0.108. The number of rotatable bonds is 3. The van der Waals surface area contributed by atoms with Crippen molar-refractivity contribution >= 4 is 6.29 Å². The highest BCUT2D eigenvalue weighted by atomic mass is 16.1. The quantitative estimate of drug-likeness (QED) is 0.601. The van der Waals surface area contributed by atoms with Gasteiger partial charge in [-0.15, -0.1) is 0 Å². The molecule has 1 unspecified atom stereocenters. The van der Waals surface area contributed by atoms with Crippen LogP contribution in [0.1, 0.15) is 39.0 Å². The second-order valence-corrected chi connectivity index (χ2v) is 3.69. The molecule has 1 saturated heterocycles. The van der Waals surface area contributed by atoms with Crippen LogP contribution in [0.3, 0.4) is 0 Å². The first-order valence-corrected chi connectivity index (χ1v) is 5.02. The molecule has 70 valence electrons. The second kappa shape index (κ2) is 5.31. The summed E-state index contributed by atoms with van der Waals surface area (Å²) in [5, 5.41) is 0. The van der Waals surface area contributed by atoms with E-state index >= 15 is 0 Å². The lowest BCUT2D eigenvalue weighted by atomic mass is 10.1. The molecule has 0 bridgehead atoms. The Hall–Kier alpha value is -0.370. The maximum absolute atomic E-state index is 10.2. The van der Waals surface area contributed by atoms with E-state index in [-0.39, 0.29) is 0 Å². The highest BCUT2D eigenvalue weighted by Crippen LogP contribution is 2.15. The Morgan fingerprint density at radius 1 is 1.42 bits per heavy atom. The molecule has 0 aromatic heterocycles. The van der Waals surface area contributed by atoms with Crippen molar-refractivity contribution in [3.05, 3.63) is 0 Å². The van der Waals surface area contributed by atoms with E-state index < -0.39 is 0 Å². The van der Waals surface area contributed by atoms with Crippen LogP contribution in [0.5, 0.6) is 0 Å². The van der Waals surface area contributed by atoms with Gasteiger partial charge in [0.15, 0.2) is 0 Å². The van der Waals surface area contributed by atoms with Crippen LogP contribution < -0.4 is 0 Å². The van der Waals surface area contributed by atoms with Crippen LogP contribution in [-0.2, 0) is 4.79 Å². The minimum atomic E-state index is 0.687. The zero-order chi connectivity index (χ0) is 8.81. The van der Waals surface area contributed by atoms with Gasteiger partial charge in [-0.3, -0.25) is 0 Å². The van der Waals surface area contributed by atoms with E-state index in [1.807, 2.05) is 0 Å². The number of carbonyl (C=O) groups is 1. The molecule has 0 spiro atoms. The van der Waals surface area contributed by atoms with Crippen LogP contribution in [-0.4, -0.2) is 30.3 Å². The van der Waals surface area contributed by atoms with Gasteiger partial charge in [0.2, 0.25) is 0 Å². The SMILES string of the molecule is CC1CCCCCN1CCC=O. The van der Waals surface area contributed by atoms with Gasteiger partial charge in [0, 0.05) is 19.0 Å². The van der Waals surface area contributed by atoms with Crippen LogP contribution in [0, 0.1) is 0 Å². The minimum Gasteiger partial charge on any atom is -0.303 e. The fraction of sp³-hybridized carbons (Fsp3) is 0.900. The number of likely N-dealkylation sites (tertiary alicyclic amines) is 1. The van der Waals surface area contributed by atoms with Crippen molar-refractivity contribution in [3.63, 3.8) is 0 Å². The van der Waals surface area contributed by atoms with Crippen LogP contribution in [0.4, 0.5) is 0 Å². The summed E-state index contributed by atoms with van der Waals surface area (Å²) < 4.78 is 0. The van der Waals surface area contributed by atoms with Crippen molar-refractivity contribution in [3.8, 4) is 0 Å². The summed E-state index contributed by atoms with van der Waals surface area (Å²) >= 11 is 0. The molecule has 2 nitrogen and oxygen atoms in total. The monoisotopic (exact) mass is 169 g/mol. The molecule has 0 N–H and O–H groups in total. The predicted molar refractivity (Wildman–Crippen MR) is 50.2 cm³/mol. The number of carbonyl (C=O) groups excluding carboxylic acids is 1. The lowest BCUT2D eigenvalue weighted by Gasteiger charge is -2.25. The van der Waals surface area contributed by atoms with E-state index in [1.165, 1.54) is 32.2 Å². The Morgan fingerprint density at radius 2 is 2.25 bits per heavy atom. The first kappa shape index (κ1) is 9.72. The van der Waals surface area contributed by atoms with E-state index in [1.54, 1.807) is 0 Å². The molecule has 0 aromatic rings. The first-order valence-electron chi connectivity index (χ1n) is 5.02. The van der Waals surface area contributed by atoms with Crippen molar-refractivity contribution in [1.29, 1.82) is 0 Å². The van der Waals surface area contributed by atoms with Gasteiger partial charge in [-0.05, 0) is 26.3 Å². The highest BCUT2D eigenvalue weighted by Gasteiger charge is 2.15. The summed E-state index contributed by atoms with van der Waals surface area (Å²) in [7, 11) is 0. The van der Waals surface area contributed by atoms with Crippen molar-refractivity contribution in [1.82, 2.24) is 4.90 Å². The molecule has 0 amide bonds. The van der Waals surface area contributed by atoms with Crippen molar-refractivity contribution in [2.24, 2.45) is 0 Å². The molecule has 12 heavy (non-hydrogen) atoms. The van der Waals surface area contributed by atoms with E-state index in [2.05, 4.69) is 11.8 Å². The largest absolute Gasteiger partial charge is 0.303 e. The van der Waals surface area contributed by atoms with E-state index in [9.17, 15) is 4.79 Å². The Morgan fingerprint density at radius 3 is 3.00 bits per heavy atom. The Bertz CT molecular complexity index is 136. The fourth-order valence-electron chi connectivity index (χ4n) is 1.89. The van der Waals surface area contributed by atoms with Gasteiger partial charge in [0.25, 0.3) is 0 Å². The fourth-order valence-corrected chi connectivity index (χ4v) is 1.89. The zero-order valence-electron chi connectivity index (χ0n) is 7.96. The standard InChI is InChI=1S/C10H19NO/c1-10-6-3-2-4-7-11(10)8-5-9-12/h9-10H,2-8H2,1H3. The summed E-state index contributed by atoms with van der Waals surface area (Å²) in [5.74, 6) is 0. The maximum atomic E-state index is 10.2. The van der Waals surface area contributed by atoms with Crippen LogP contribution in [0.25, 0.3) is 0 Å². The van der Waals surface area contributed by atoms with Gasteiger partial charge < -0.3 is 9.69 Å². The van der Waals surface area contributed by atoms with Gasteiger partial charge in [-0.25, -0.2) is 0 Å². The third-order valence-electron chi connectivity index (χ3n) is 2.72. The van der Waals surface area contributed by atoms with Crippen molar-refractivity contribution in [2.45, 2.75) is 45.1 Å². The van der Waals surface area contributed by atoms with Gasteiger partial charge in [0.05, 0.1) is 0 Å². The number of hydrogen-bond donors (Lipinski definition) is 0. The molecule has 0 aliphatic carbocycles. The molecule has 0 radical (unpaired) electrons. The molecular weight excluding hydrogens is 150 g/mol. The normalized spacial score (nSPS) is 26.6. The Kier molecular flexibility index (Phi) is 4.30. The number of aldehydes is 1. The highest BCUT2D eigenvalue weighted by molar-refractivity contribution is 5.49. The summed E-state index contributed by atoms with van der Waals surface area (Å²) in [6, 6.07) is 0.687. The molecule has 1 fully saturated rings. The third kappa shape index (κ3) is 2.94. The molecule has 0 saturated carbocycles. The number of nitrogens with zero attached hydrogens (tertiary/aromatic N) is 1. The van der Waals surface area contributed by atoms with Gasteiger partial charge >= 0.3 is 0 Å². The first-order chi connectivity index (χ1) is 5.84. The molecule has 1 atom stereocenters. The van der Waals surface area contributed by atoms with Crippen molar-refractivity contribution < 1.29 is 4.79 Å². The van der Waals surface area contributed by atoms with Crippen LogP contribution >= 0.6 is 0 Å². The smallest absolute Gasteiger partial charge is 0.121 e. The lowest BCUT2D eigenvalue weighted by Crippen LogP contribution is -2.33.